The Kier molecular flexibility index (Phi) is 5.89. The SMILES string of the molecule is CCCOc1ccccc1/C=C(\C#N)c1ccc(Cl)cc1Cl. The number of allylic oxidation sites excluding steroid dienone is 1. The number of nitriles is 1. The lowest BCUT2D eigenvalue weighted by Crippen LogP contribution is -1.96. The molecule has 0 fully saturated rings. The van der Waals surface area contributed by atoms with E-state index in [4.69, 9.17) is 27.9 Å². The molecule has 112 valence electrons. The van der Waals surface area contributed by atoms with Gasteiger partial charge in [0.25, 0.3) is 0 Å². The van der Waals surface area contributed by atoms with Crippen molar-refractivity contribution in [3.8, 4) is 11.8 Å². The van der Waals surface area contributed by atoms with E-state index >= 15 is 0 Å². The van der Waals surface area contributed by atoms with Gasteiger partial charge in [-0.1, -0.05) is 54.4 Å². The second-order valence-corrected chi connectivity index (χ2v) is 5.52. The van der Waals surface area contributed by atoms with Gasteiger partial charge in [-0.05, 0) is 30.7 Å². The first-order valence-corrected chi connectivity index (χ1v) is 7.70. The van der Waals surface area contributed by atoms with Gasteiger partial charge < -0.3 is 4.74 Å². The molecule has 0 saturated heterocycles. The molecule has 0 saturated carbocycles. The zero-order valence-corrected chi connectivity index (χ0v) is 13.7. The molecule has 0 aliphatic heterocycles. The zero-order valence-electron chi connectivity index (χ0n) is 12.1. The summed E-state index contributed by atoms with van der Waals surface area (Å²) in [5.41, 5.74) is 1.96. The molecule has 0 aliphatic rings. The van der Waals surface area contributed by atoms with Crippen LogP contribution in [-0.4, -0.2) is 6.61 Å². The summed E-state index contributed by atoms with van der Waals surface area (Å²) in [7, 11) is 0. The molecule has 0 N–H and O–H groups in total. The van der Waals surface area contributed by atoms with Crippen LogP contribution in [0.2, 0.25) is 10.0 Å². The summed E-state index contributed by atoms with van der Waals surface area (Å²) in [6.07, 6.45) is 2.70. The Hall–Kier alpha value is -1.95. The van der Waals surface area contributed by atoms with Crippen molar-refractivity contribution in [2.24, 2.45) is 0 Å². The number of rotatable bonds is 5. The molecule has 0 spiro atoms. The van der Waals surface area contributed by atoms with Crippen molar-refractivity contribution in [1.82, 2.24) is 0 Å². The Morgan fingerprint density at radius 1 is 1.23 bits per heavy atom. The van der Waals surface area contributed by atoms with Crippen molar-refractivity contribution in [3.63, 3.8) is 0 Å². The van der Waals surface area contributed by atoms with Gasteiger partial charge in [-0.15, -0.1) is 0 Å². The number of para-hydroxylation sites is 1. The van der Waals surface area contributed by atoms with Crippen LogP contribution in [-0.2, 0) is 0 Å². The van der Waals surface area contributed by atoms with Gasteiger partial charge in [0, 0.05) is 16.1 Å². The normalized spacial score (nSPS) is 11.1. The molecule has 0 unspecified atom stereocenters. The predicted octanol–water partition coefficient (Wildman–Crippen LogP) is 5.85. The Labute approximate surface area is 140 Å². The van der Waals surface area contributed by atoms with Crippen LogP contribution in [0.15, 0.2) is 42.5 Å². The first-order chi connectivity index (χ1) is 10.7. The molecule has 0 amide bonds. The summed E-state index contributed by atoms with van der Waals surface area (Å²) >= 11 is 12.1. The summed E-state index contributed by atoms with van der Waals surface area (Å²) < 4.78 is 5.71. The largest absolute Gasteiger partial charge is 0.493 e. The van der Waals surface area contributed by atoms with Crippen molar-refractivity contribution in [2.45, 2.75) is 13.3 Å². The quantitative estimate of drug-likeness (QED) is 0.508. The van der Waals surface area contributed by atoms with E-state index in [0.29, 0.717) is 27.8 Å². The molecule has 2 nitrogen and oxygen atoms in total. The standard InChI is InChI=1S/C18H15Cl2NO/c1-2-9-22-18-6-4-3-5-13(18)10-14(12-21)16-8-7-15(19)11-17(16)20/h3-8,10-11H,2,9H2,1H3/b14-10+. The highest BCUT2D eigenvalue weighted by molar-refractivity contribution is 6.36. The maximum atomic E-state index is 9.45. The third kappa shape index (κ3) is 4.04. The smallest absolute Gasteiger partial charge is 0.126 e. The minimum Gasteiger partial charge on any atom is -0.493 e. The van der Waals surface area contributed by atoms with Crippen LogP contribution in [0.25, 0.3) is 11.6 Å². The summed E-state index contributed by atoms with van der Waals surface area (Å²) in [5, 5.41) is 10.4. The van der Waals surface area contributed by atoms with Crippen LogP contribution < -0.4 is 4.74 Å². The number of hydrogen-bond acceptors (Lipinski definition) is 2. The van der Waals surface area contributed by atoms with E-state index in [0.717, 1.165) is 17.7 Å². The van der Waals surface area contributed by atoms with Crippen molar-refractivity contribution in [1.29, 1.82) is 5.26 Å². The van der Waals surface area contributed by atoms with Gasteiger partial charge in [-0.2, -0.15) is 5.26 Å². The van der Waals surface area contributed by atoms with Gasteiger partial charge >= 0.3 is 0 Å². The Morgan fingerprint density at radius 2 is 2.00 bits per heavy atom. The van der Waals surface area contributed by atoms with Gasteiger partial charge in [-0.25, -0.2) is 0 Å². The molecule has 0 aromatic heterocycles. The maximum Gasteiger partial charge on any atom is 0.126 e. The number of hydrogen-bond donors (Lipinski definition) is 0. The lowest BCUT2D eigenvalue weighted by atomic mass is 10.0. The van der Waals surface area contributed by atoms with Crippen molar-refractivity contribution in [2.75, 3.05) is 6.61 Å². The van der Waals surface area contributed by atoms with E-state index in [1.54, 1.807) is 24.3 Å². The predicted molar refractivity (Wildman–Crippen MR) is 92.2 cm³/mol. The van der Waals surface area contributed by atoms with Gasteiger partial charge in [0.15, 0.2) is 0 Å². The molecular formula is C18H15Cl2NO. The van der Waals surface area contributed by atoms with E-state index in [2.05, 4.69) is 6.07 Å². The fourth-order valence-electron chi connectivity index (χ4n) is 1.98. The Balaban J connectivity index is 2.43. The van der Waals surface area contributed by atoms with Crippen LogP contribution in [0.3, 0.4) is 0 Å². The minimum atomic E-state index is 0.451. The third-order valence-corrected chi connectivity index (χ3v) is 3.57. The monoisotopic (exact) mass is 331 g/mol. The van der Waals surface area contributed by atoms with E-state index < -0.39 is 0 Å². The Bertz CT molecular complexity index is 732. The zero-order chi connectivity index (χ0) is 15.9. The topological polar surface area (TPSA) is 33.0 Å². The van der Waals surface area contributed by atoms with E-state index in [-0.39, 0.29) is 0 Å². The molecule has 2 rings (SSSR count). The molecule has 0 radical (unpaired) electrons. The number of nitrogens with zero attached hydrogens (tertiary/aromatic N) is 1. The molecule has 2 aromatic rings. The van der Waals surface area contributed by atoms with Gasteiger partial charge in [0.2, 0.25) is 0 Å². The average Bonchev–Trinajstić information content (AvgIpc) is 2.52. The number of halogens is 2. The molecular weight excluding hydrogens is 317 g/mol. The number of benzene rings is 2. The summed E-state index contributed by atoms with van der Waals surface area (Å²) in [6, 6.07) is 14.9. The van der Waals surface area contributed by atoms with Gasteiger partial charge in [0.1, 0.15) is 5.75 Å². The molecule has 2 aromatic carbocycles. The third-order valence-electron chi connectivity index (χ3n) is 3.02. The first-order valence-electron chi connectivity index (χ1n) is 6.94. The summed E-state index contributed by atoms with van der Waals surface area (Å²) in [5.74, 6) is 0.752. The van der Waals surface area contributed by atoms with Crippen LogP contribution >= 0.6 is 23.2 Å². The molecule has 22 heavy (non-hydrogen) atoms. The number of ether oxygens (including phenoxy) is 1. The molecule has 0 bridgehead atoms. The molecule has 4 heteroatoms. The molecule has 0 aliphatic carbocycles. The summed E-state index contributed by atoms with van der Waals surface area (Å²) in [4.78, 5) is 0. The minimum absolute atomic E-state index is 0.451. The lowest BCUT2D eigenvalue weighted by Gasteiger charge is -2.09. The van der Waals surface area contributed by atoms with Gasteiger partial charge in [-0.3, -0.25) is 0 Å². The van der Waals surface area contributed by atoms with Crippen molar-refractivity contribution in [3.05, 3.63) is 63.6 Å². The van der Waals surface area contributed by atoms with E-state index in [9.17, 15) is 5.26 Å². The van der Waals surface area contributed by atoms with E-state index in [1.165, 1.54) is 0 Å². The highest BCUT2D eigenvalue weighted by atomic mass is 35.5. The fraction of sp³-hybridized carbons (Fsp3) is 0.167. The Morgan fingerprint density at radius 3 is 2.68 bits per heavy atom. The van der Waals surface area contributed by atoms with E-state index in [1.807, 2.05) is 31.2 Å². The highest BCUT2D eigenvalue weighted by Crippen LogP contribution is 2.30. The summed E-state index contributed by atoms with van der Waals surface area (Å²) in [6.45, 7) is 2.68. The van der Waals surface area contributed by atoms with Crippen molar-refractivity contribution < 1.29 is 4.74 Å². The average molecular weight is 332 g/mol. The van der Waals surface area contributed by atoms with Crippen LogP contribution in [0, 0.1) is 11.3 Å². The maximum absolute atomic E-state index is 9.45. The fourth-order valence-corrected chi connectivity index (χ4v) is 2.49. The lowest BCUT2D eigenvalue weighted by molar-refractivity contribution is 0.317. The van der Waals surface area contributed by atoms with Crippen molar-refractivity contribution >= 4 is 34.9 Å². The molecule has 0 heterocycles. The van der Waals surface area contributed by atoms with Crippen LogP contribution in [0.4, 0.5) is 0 Å². The molecule has 0 atom stereocenters. The van der Waals surface area contributed by atoms with Crippen LogP contribution in [0.1, 0.15) is 24.5 Å². The van der Waals surface area contributed by atoms with Crippen LogP contribution in [0.5, 0.6) is 5.75 Å². The first kappa shape index (κ1) is 16.4. The second-order valence-electron chi connectivity index (χ2n) is 4.68. The van der Waals surface area contributed by atoms with Gasteiger partial charge in [0.05, 0.1) is 23.3 Å². The second kappa shape index (κ2) is 7.89. The highest BCUT2D eigenvalue weighted by Gasteiger charge is 2.09.